The molecule has 0 aliphatic carbocycles. The summed E-state index contributed by atoms with van der Waals surface area (Å²) >= 11 is 1.50. The predicted molar refractivity (Wildman–Crippen MR) is 83.4 cm³/mol. The first-order valence-electron chi connectivity index (χ1n) is 7.02. The van der Waals surface area contributed by atoms with E-state index in [9.17, 15) is 9.90 Å². The Kier molecular flexibility index (Phi) is 3.16. The van der Waals surface area contributed by atoms with E-state index >= 15 is 0 Å². The molecule has 1 aliphatic heterocycles. The smallest absolute Gasteiger partial charge is 0.242 e. The van der Waals surface area contributed by atoms with Gasteiger partial charge in [0.25, 0.3) is 0 Å². The number of carbonyl (C=O) groups excluding carboxylic acids is 1. The van der Waals surface area contributed by atoms with Crippen molar-refractivity contribution in [3.63, 3.8) is 0 Å². The molecule has 1 fully saturated rings. The van der Waals surface area contributed by atoms with Gasteiger partial charge >= 0.3 is 0 Å². The molecule has 4 rings (SSSR count). The number of amides is 1. The third-order valence-corrected chi connectivity index (χ3v) is 4.41. The first kappa shape index (κ1) is 13.4. The molecule has 1 amide bonds. The molecule has 22 heavy (non-hydrogen) atoms. The molecule has 3 aromatic rings. The largest absolute Gasteiger partial charge is 0.389 e. The highest BCUT2D eigenvalue weighted by Gasteiger charge is 2.29. The van der Waals surface area contributed by atoms with Gasteiger partial charge in [0, 0.05) is 18.5 Å². The fourth-order valence-corrected chi connectivity index (χ4v) is 3.18. The lowest BCUT2D eigenvalue weighted by Crippen LogP contribution is -2.54. The van der Waals surface area contributed by atoms with Crippen molar-refractivity contribution in [2.45, 2.75) is 12.6 Å². The fraction of sp³-hybridized carbons (Fsp3) is 0.267. The second kappa shape index (κ2) is 5.19. The Hall–Kier alpha value is -2.25. The third kappa shape index (κ3) is 2.18. The van der Waals surface area contributed by atoms with E-state index in [1.165, 1.54) is 11.3 Å². The van der Waals surface area contributed by atoms with Crippen LogP contribution in [-0.2, 0) is 11.3 Å². The van der Waals surface area contributed by atoms with Gasteiger partial charge in [0.05, 0.1) is 22.6 Å². The summed E-state index contributed by atoms with van der Waals surface area (Å²) in [5, 5.41) is 11.3. The number of rotatable bonds is 3. The molecule has 0 saturated carbocycles. The molecule has 0 unspecified atom stereocenters. The fourth-order valence-electron chi connectivity index (χ4n) is 2.65. The van der Waals surface area contributed by atoms with Gasteiger partial charge in [-0.1, -0.05) is 12.1 Å². The Balaban J connectivity index is 1.74. The van der Waals surface area contributed by atoms with Crippen molar-refractivity contribution in [3.05, 3.63) is 35.2 Å². The zero-order valence-electron chi connectivity index (χ0n) is 11.7. The molecule has 1 saturated heterocycles. The number of carbonyl (C=O) groups is 1. The van der Waals surface area contributed by atoms with Gasteiger partial charge in [-0.2, -0.15) is 0 Å². The van der Waals surface area contributed by atoms with Crippen molar-refractivity contribution in [3.8, 4) is 11.5 Å². The van der Waals surface area contributed by atoms with Crippen LogP contribution in [0.15, 0.2) is 35.2 Å². The molecule has 1 aliphatic rings. The molecule has 6 nitrogen and oxygen atoms in total. The van der Waals surface area contributed by atoms with Crippen LogP contribution >= 0.6 is 11.3 Å². The summed E-state index contributed by atoms with van der Waals surface area (Å²) in [5.41, 5.74) is 4.30. The number of nitrogens with zero attached hydrogens (tertiary/aromatic N) is 4. The highest BCUT2D eigenvalue weighted by atomic mass is 32.1. The second-order valence-electron chi connectivity index (χ2n) is 5.34. The number of fused-ring (bicyclic) bond motifs is 1. The second-order valence-corrected chi connectivity index (χ2v) is 6.06. The molecule has 2 aromatic heterocycles. The van der Waals surface area contributed by atoms with Gasteiger partial charge in [-0.3, -0.25) is 4.79 Å². The number of β-amino-alcohol motifs (C(OH)–C–C–N with tert-alkyl or cyclic N) is 1. The van der Waals surface area contributed by atoms with Crippen molar-refractivity contribution >= 4 is 28.3 Å². The Morgan fingerprint density at radius 3 is 2.91 bits per heavy atom. The lowest BCUT2D eigenvalue weighted by Gasteiger charge is -2.36. The molecule has 1 N–H and O–H groups in total. The van der Waals surface area contributed by atoms with E-state index in [4.69, 9.17) is 0 Å². The number of likely N-dealkylation sites (tertiary alicyclic amines) is 1. The van der Waals surface area contributed by atoms with Crippen LogP contribution in [0, 0.1) is 0 Å². The van der Waals surface area contributed by atoms with Crippen molar-refractivity contribution in [2.24, 2.45) is 0 Å². The SMILES string of the molecule is O=C(Cn1c(-c2cscn2)nc2ccccc21)N1CC(O)C1. The van der Waals surface area contributed by atoms with Gasteiger partial charge < -0.3 is 14.6 Å². The minimum Gasteiger partial charge on any atom is -0.389 e. The number of hydrogen-bond acceptors (Lipinski definition) is 5. The monoisotopic (exact) mass is 314 g/mol. The highest BCUT2D eigenvalue weighted by molar-refractivity contribution is 7.07. The highest BCUT2D eigenvalue weighted by Crippen LogP contribution is 2.25. The number of aliphatic hydroxyl groups excluding tert-OH is 1. The van der Waals surface area contributed by atoms with E-state index < -0.39 is 0 Å². The van der Waals surface area contributed by atoms with Gasteiger partial charge in [-0.15, -0.1) is 11.3 Å². The first-order valence-corrected chi connectivity index (χ1v) is 7.96. The summed E-state index contributed by atoms with van der Waals surface area (Å²) in [6.07, 6.45) is -0.388. The van der Waals surface area contributed by atoms with E-state index in [2.05, 4.69) is 9.97 Å². The lowest BCUT2D eigenvalue weighted by atomic mass is 10.1. The maximum absolute atomic E-state index is 12.4. The Morgan fingerprint density at radius 1 is 1.36 bits per heavy atom. The minimum absolute atomic E-state index is 0.00932. The number of thiazole rings is 1. The Morgan fingerprint density at radius 2 is 2.18 bits per heavy atom. The molecule has 112 valence electrons. The topological polar surface area (TPSA) is 71.2 Å². The summed E-state index contributed by atoms with van der Waals surface area (Å²) in [5.74, 6) is 0.696. The number of hydrogen-bond donors (Lipinski definition) is 1. The third-order valence-electron chi connectivity index (χ3n) is 3.82. The molecule has 0 atom stereocenters. The maximum Gasteiger partial charge on any atom is 0.242 e. The summed E-state index contributed by atoms with van der Waals surface area (Å²) in [7, 11) is 0. The minimum atomic E-state index is -0.388. The van der Waals surface area contributed by atoms with Gasteiger partial charge in [-0.05, 0) is 12.1 Å². The molecule has 3 heterocycles. The zero-order valence-corrected chi connectivity index (χ0v) is 12.5. The van der Waals surface area contributed by atoms with Crippen molar-refractivity contribution in [1.82, 2.24) is 19.4 Å². The molecule has 7 heteroatoms. The van der Waals surface area contributed by atoms with Crippen LogP contribution in [0.3, 0.4) is 0 Å². The van der Waals surface area contributed by atoms with Crippen molar-refractivity contribution < 1.29 is 9.90 Å². The molecular formula is C15H14N4O2S. The van der Waals surface area contributed by atoms with E-state index in [0.29, 0.717) is 18.9 Å². The van der Waals surface area contributed by atoms with Crippen LogP contribution in [0.4, 0.5) is 0 Å². The lowest BCUT2D eigenvalue weighted by molar-refractivity contribution is -0.141. The quantitative estimate of drug-likeness (QED) is 0.792. The average molecular weight is 314 g/mol. The number of para-hydroxylation sites is 2. The van der Waals surface area contributed by atoms with Crippen LogP contribution in [0.2, 0.25) is 0 Å². The van der Waals surface area contributed by atoms with Gasteiger partial charge in [0.15, 0.2) is 5.82 Å². The first-order chi connectivity index (χ1) is 10.7. The Labute approximate surface area is 130 Å². The number of aromatic nitrogens is 3. The summed E-state index contributed by atoms with van der Waals surface area (Å²) in [4.78, 5) is 22.9. The standard InChI is InChI=1S/C15H14N4O2S/c20-10-5-18(6-10)14(21)7-19-13-4-2-1-3-11(13)17-15(19)12-8-22-9-16-12/h1-4,8-10,20H,5-7H2. The normalized spacial score (nSPS) is 15.2. The maximum atomic E-state index is 12.4. The number of imidazole rings is 1. The summed E-state index contributed by atoms with van der Waals surface area (Å²) < 4.78 is 1.90. The van der Waals surface area contributed by atoms with Crippen molar-refractivity contribution in [1.29, 1.82) is 0 Å². The van der Waals surface area contributed by atoms with Gasteiger partial charge in [0.1, 0.15) is 12.2 Å². The molecular weight excluding hydrogens is 300 g/mol. The van der Waals surface area contributed by atoms with E-state index in [1.807, 2.05) is 34.2 Å². The molecule has 0 radical (unpaired) electrons. The van der Waals surface area contributed by atoms with E-state index in [-0.39, 0.29) is 18.6 Å². The van der Waals surface area contributed by atoms with E-state index in [1.54, 1.807) is 10.4 Å². The molecule has 0 spiro atoms. The van der Waals surface area contributed by atoms with Crippen LogP contribution in [0.1, 0.15) is 0 Å². The summed E-state index contributed by atoms with van der Waals surface area (Å²) in [6.45, 7) is 1.04. The van der Waals surface area contributed by atoms with Crippen LogP contribution < -0.4 is 0 Å². The molecule has 0 bridgehead atoms. The van der Waals surface area contributed by atoms with E-state index in [0.717, 1.165) is 16.7 Å². The van der Waals surface area contributed by atoms with Gasteiger partial charge in [-0.25, -0.2) is 9.97 Å². The average Bonchev–Trinajstić information content (AvgIpc) is 3.12. The number of benzene rings is 1. The van der Waals surface area contributed by atoms with Crippen LogP contribution in [-0.4, -0.2) is 49.6 Å². The molecule has 1 aromatic carbocycles. The predicted octanol–water partition coefficient (Wildman–Crippen LogP) is 1.36. The van der Waals surface area contributed by atoms with Crippen LogP contribution in [0.25, 0.3) is 22.6 Å². The summed E-state index contributed by atoms with van der Waals surface area (Å²) in [6, 6.07) is 7.75. The van der Waals surface area contributed by atoms with Crippen LogP contribution in [0.5, 0.6) is 0 Å². The van der Waals surface area contributed by atoms with Crippen molar-refractivity contribution in [2.75, 3.05) is 13.1 Å². The Bertz CT molecular complexity index is 821. The zero-order chi connectivity index (χ0) is 15.1. The van der Waals surface area contributed by atoms with Gasteiger partial charge in [0.2, 0.25) is 5.91 Å². The number of aliphatic hydroxyl groups is 1.